The quantitative estimate of drug-likeness (QED) is 0.143. The molecule has 0 spiro atoms. The van der Waals surface area contributed by atoms with Gasteiger partial charge in [0.05, 0.1) is 18.1 Å². The third-order valence-electron chi connectivity index (χ3n) is 9.09. The number of aliphatic hydroxyl groups is 1. The lowest BCUT2D eigenvalue weighted by molar-refractivity contribution is -0.150. The summed E-state index contributed by atoms with van der Waals surface area (Å²) in [6.45, 7) is 11.6. The van der Waals surface area contributed by atoms with Gasteiger partial charge in [0.2, 0.25) is 11.8 Å². The Bertz CT molecular complexity index is 1870. The predicted molar refractivity (Wildman–Crippen MR) is 195 cm³/mol. The minimum absolute atomic E-state index is 0.283. The number of benzene rings is 4. The first-order valence-electron chi connectivity index (χ1n) is 16.4. The highest BCUT2D eigenvalue weighted by molar-refractivity contribution is 9.10. The van der Waals surface area contributed by atoms with Gasteiger partial charge in [0, 0.05) is 28.2 Å². The number of ether oxygens (including phenoxy) is 2. The van der Waals surface area contributed by atoms with Crippen molar-refractivity contribution in [2.75, 3.05) is 17.2 Å². The molecule has 8 nitrogen and oxygen atoms in total. The van der Waals surface area contributed by atoms with Crippen molar-refractivity contribution in [2.24, 2.45) is 11.8 Å². The van der Waals surface area contributed by atoms with Gasteiger partial charge < -0.3 is 25.2 Å². The first kappa shape index (κ1) is 35.8. The van der Waals surface area contributed by atoms with E-state index in [0.29, 0.717) is 35.0 Å². The highest BCUT2D eigenvalue weighted by atomic mass is 79.9. The van der Waals surface area contributed by atoms with E-state index in [9.17, 15) is 19.5 Å². The monoisotopic (exact) mass is 726 g/mol. The summed E-state index contributed by atoms with van der Waals surface area (Å²) >= 11 is 3.45. The van der Waals surface area contributed by atoms with Crippen LogP contribution in [0, 0.1) is 39.5 Å². The molecule has 0 radical (unpaired) electrons. The number of halogens is 1. The SMILES string of the molecule is CCOc1cc(C2C(C(=O)Nc3cc(C)ccc3C)C(=O)CC(C)(O)C2C(=O)Nc2cc(C)ccc2C)ccc1OCc1ccc(Br)cc1. The molecule has 0 aromatic heterocycles. The Morgan fingerprint density at radius 2 is 1.41 bits per heavy atom. The molecule has 4 atom stereocenters. The van der Waals surface area contributed by atoms with Gasteiger partial charge in [0.25, 0.3) is 0 Å². The van der Waals surface area contributed by atoms with Gasteiger partial charge in [0.15, 0.2) is 11.5 Å². The zero-order valence-corrected chi connectivity index (χ0v) is 30.3. The lowest BCUT2D eigenvalue weighted by Gasteiger charge is -2.44. The lowest BCUT2D eigenvalue weighted by atomic mass is 9.61. The van der Waals surface area contributed by atoms with Gasteiger partial charge in [-0.2, -0.15) is 0 Å². The molecule has 0 bridgehead atoms. The summed E-state index contributed by atoms with van der Waals surface area (Å²) in [5.74, 6) is -4.12. The number of carbonyl (C=O) groups is 3. The summed E-state index contributed by atoms with van der Waals surface area (Å²) in [5, 5.41) is 17.8. The van der Waals surface area contributed by atoms with Crippen LogP contribution in [-0.4, -0.2) is 34.9 Å². The third-order valence-corrected chi connectivity index (χ3v) is 9.62. The Labute approximate surface area is 296 Å². The summed E-state index contributed by atoms with van der Waals surface area (Å²) in [6.07, 6.45) is -0.369. The maximum absolute atomic E-state index is 14.3. The predicted octanol–water partition coefficient (Wildman–Crippen LogP) is 7.98. The van der Waals surface area contributed by atoms with Crippen molar-refractivity contribution in [1.29, 1.82) is 0 Å². The molecule has 4 aromatic rings. The van der Waals surface area contributed by atoms with Crippen molar-refractivity contribution in [1.82, 2.24) is 0 Å². The zero-order chi connectivity index (χ0) is 35.5. The van der Waals surface area contributed by atoms with Crippen molar-refractivity contribution in [3.05, 3.63) is 117 Å². The van der Waals surface area contributed by atoms with E-state index in [1.807, 2.05) is 95.3 Å². The summed E-state index contributed by atoms with van der Waals surface area (Å²) < 4.78 is 13.1. The molecule has 4 unspecified atom stereocenters. The Balaban J connectivity index is 1.59. The summed E-state index contributed by atoms with van der Waals surface area (Å²) in [5.41, 5.74) is 4.44. The van der Waals surface area contributed by atoms with Crippen LogP contribution in [-0.2, 0) is 21.0 Å². The number of rotatable bonds is 10. The number of Topliss-reactive ketones (excluding diaryl/α,β-unsaturated/α-hetero) is 1. The van der Waals surface area contributed by atoms with E-state index in [1.165, 1.54) is 6.92 Å². The molecule has 4 aromatic carbocycles. The molecule has 9 heteroatoms. The summed E-state index contributed by atoms with van der Waals surface area (Å²) in [7, 11) is 0. The summed E-state index contributed by atoms with van der Waals surface area (Å²) in [6, 6.07) is 24.4. The fraction of sp³-hybridized carbons (Fsp3) is 0.325. The smallest absolute Gasteiger partial charge is 0.235 e. The lowest BCUT2D eigenvalue weighted by Crippen LogP contribution is -2.56. The zero-order valence-electron chi connectivity index (χ0n) is 28.7. The fourth-order valence-electron chi connectivity index (χ4n) is 6.52. The van der Waals surface area contributed by atoms with Crippen molar-refractivity contribution in [3.63, 3.8) is 0 Å². The Morgan fingerprint density at radius 3 is 2.00 bits per heavy atom. The van der Waals surface area contributed by atoms with E-state index in [-0.39, 0.29) is 13.0 Å². The van der Waals surface area contributed by atoms with Gasteiger partial charge >= 0.3 is 0 Å². The first-order valence-corrected chi connectivity index (χ1v) is 17.2. The number of carbonyl (C=O) groups excluding carboxylic acids is 3. The second-order valence-electron chi connectivity index (χ2n) is 13.2. The number of hydrogen-bond donors (Lipinski definition) is 3. The van der Waals surface area contributed by atoms with E-state index < -0.39 is 41.0 Å². The van der Waals surface area contributed by atoms with Crippen LogP contribution >= 0.6 is 15.9 Å². The fourth-order valence-corrected chi connectivity index (χ4v) is 6.78. The van der Waals surface area contributed by atoms with Crippen LogP contribution < -0.4 is 20.1 Å². The van der Waals surface area contributed by atoms with E-state index in [4.69, 9.17) is 9.47 Å². The molecular weight excluding hydrogens is 684 g/mol. The molecule has 0 saturated heterocycles. The van der Waals surface area contributed by atoms with Gasteiger partial charge in [-0.1, -0.05) is 58.4 Å². The van der Waals surface area contributed by atoms with Crippen LogP contribution in [0.2, 0.25) is 0 Å². The van der Waals surface area contributed by atoms with Gasteiger partial charge in [-0.15, -0.1) is 0 Å². The van der Waals surface area contributed by atoms with Crippen LogP contribution in [0.4, 0.5) is 11.4 Å². The van der Waals surface area contributed by atoms with Crippen molar-refractivity contribution < 1.29 is 29.0 Å². The maximum Gasteiger partial charge on any atom is 0.235 e. The standard InChI is InChI=1S/C40H43BrN2O6/c1-7-48-34-20-28(14-17-33(34)49-22-27-12-15-29(41)16-13-27)35-36(38(45)42-30-18-23(2)8-10-25(30)4)32(44)21-40(6,47)37(35)39(46)43-31-19-24(3)9-11-26(31)5/h8-20,35-37,47H,7,21-22H2,1-6H3,(H,42,45)(H,43,46). The number of anilines is 2. The number of aryl methyl sites for hydroxylation is 4. The van der Waals surface area contributed by atoms with E-state index in [0.717, 1.165) is 32.3 Å². The molecule has 1 saturated carbocycles. The van der Waals surface area contributed by atoms with Crippen molar-refractivity contribution in [2.45, 2.75) is 66.1 Å². The molecule has 1 aliphatic rings. The van der Waals surface area contributed by atoms with E-state index in [2.05, 4.69) is 26.6 Å². The molecule has 1 fully saturated rings. The summed E-state index contributed by atoms with van der Waals surface area (Å²) in [4.78, 5) is 42.5. The van der Waals surface area contributed by atoms with E-state index in [1.54, 1.807) is 18.2 Å². The highest BCUT2D eigenvalue weighted by Crippen LogP contribution is 2.48. The highest BCUT2D eigenvalue weighted by Gasteiger charge is 2.56. The second-order valence-corrected chi connectivity index (χ2v) is 14.1. The average Bonchev–Trinajstić information content (AvgIpc) is 3.04. The number of nitrogens with one attached hydrogen (secondary N) is 2. The molecular formula is C40H43BrN2O6. The van der Waals surface area contributed by atoms with Crippen molar-refractivity contribution in [3.8, 4) is 11.5 Å². The Kier molecular flexibility index (Phi) is 10.9. The first-order chi connectivity index (χ1) is 23.3. The topological polar surface area (TPSA) is 114 Å². The van der Waals surface area contributed by atoms with Crippen LogP contribution in [0.3, 0.4) is 0 Å². The molecule has 0 heterocycles. The minimum Gasteiger partial charge on any atom is -0.490 e. The van der Waals surface area contributed by atoms with Crippen LogP contribution in [0.15, 0.2) is 83.3 Å². The number of amides is 2. The van der Waals surface area contributed by atoms with Crippen LogP contribution in [0.5, 0.6) is 11.5 Å². The molecule has 3 N–H and O–H groups in total. The third kappa shape index (κ3) is 8.23. The minimum atomic E-state index is -1.76. The molecule has 1 aliphatic carbocycles. The molecule has 5 rings (SSSR count). The average molecular weight is 728 g/mol. The molecule has 0 aliphatic heterocycles. The molecule has 256 valence electrons. The van der Waals surface area contributed by atoms with Crippen molar-refractivity contribution >= 4 is 44.9 Å². The normalized spacial score (nSPS) is 20.4. The van der Waals surface area contributed by atoms with Crippen LogP contribution in [0.25, 0.3) is 0 Å². The second kappa shape index (κ2) is 15.0. The largest absolute Gasteiger partial charge is 0.490 e. The Hall–Kier alpha value is -4.47. The van der Waals surface area contributed by atoms with Gasteiger partial charge in [0.1, 0.15) is 18.3 Å². The molecule has 49 heavy (non-hydrogen) atoms. The van der Waals surface area contributed by atoms with Gasteiger partial charge in [-0.25, -0.2) is 0 Å². The molecule has 2 amide bonds. The van der Waals surface area contributed by atoms with Gasteiger partial charge in [-0.05, 0) is 111 Å². The number of ketones is 1. The van der Waals surface area contributed by atoms with E-state index >= 15 is 0 Å². The number of hydrogen-bond acceptors (Lipinski definition) is 6. The van der Waals surface area contributed by atoms with Crippen LogP contribution in [0.1, 0.15) is 59.6 Å². The maximum atomic E-state index is 14.3. The Morgan fingerprint density at radius 1 is 0.816 bits per heavy atom. The van der Waals surface area contributed by atoms with Gasteiger partial charge in [-0.3, -0.25) is 14.4 Å².